The molecule has 1 heteroatoms. The van der Waals surface area contributed by atoms with Gasteiger partial charge in [-0.25, -0.2) is 0 Å². The summed E-state index contributed by atoms with van der Waals surface area (Å²) in [5, 5.41) is 0. The molecule has 0 aromatic rings. The van der Waals surface area contributed by atoms with E-state index in [0.29, 0.717) is 0 Å². The smallest absolute Gasteiger partial charge is 0.0191 e. The summed E-state index contributed by atoms with van der Waals surface area (Å²) < 4.78 is 0. The third-order valence-corrected chi connectivity index (χ3v) is 0.421. The summed E-state index contributed by atoms with van der Waals surface area (Å²) in [7, 11) is 0. The first-order valence-corrected chi connectivity index (χ1v) is 4.65. The van der Waals surface area contributed by atoms with E-state index in [4.69, 9.17) is 0 Å². The normalized spacial score (nSPS) is 5.92. The number of aliphatic imine (C=N–C) groups is 1. The van der Waals surface area contributed by atoms with Crippen LogP contribution in [0.5, 0.6) is 0 Å². The Bertz CT molecular complexity index is 95.7. The van der Waals surface area contributed by atoms with Gasteiger partial charge in [-0.3, -0.25) is 4.99 Å². The van der Waals surface area contributed by atoms with Crippen molar-refractivity contribution in [3.8, 4) is 0 Å². The van der Waals surface area contributed by atoms with Crippen molar-refractivity contribution < 1.29 is 0 Å². The van der Waals surface area contributed by atoms with Crippen molar-refractivity contribution in [1.29, 1.82) is 0 Å². The van der Waals surface area contributed by atoms with Gasteiger partial charge in [-0.15, -0.1) is 0 Å². The topological polar surface area (TPSA) is 12.4 Å². The molecule has 0 aliphatic heterocycles. The lowest BCUT2D eigenvalue weighted by molar-refractivity contribution is 1.50. The number of hydrogen-bond donors (Lipinski definition) is 0. The van der Waals surface area contributed by atoms with Crippen LogP contribution in [0, 0.1) is 0 Å². The first-order valence-electron chi connectivity index (χ1n) is 4.65. The van der Waals surface area contributed by atoms with Gasteiger partial charge < -0.3 is 0 Å². The standard InChI is InChI=1S/C4H7N.C4H6.2C2H6/c1-3-5-4-2;1-3-4-2;2*1-2/h3-4H,1H2,2H3;3-4H,1-2H2;2*1-2H3. The highest BCUT2D eigenvalue weighted by Gasteiger charge is 1.40. The minimum absolute atomic E-state index is 1.50. The zero-order valence-electron chi connectivity index (χ0n) is 9.88. The van der Waals surface area contributed by atoms with E-state index in [9.17, 15) is 0 Å². The van der Waals surface area contributed by atoms with Crippen LogP contribution in [0.2, 0.25) is 0 Å². The lowest BCUT2D eigenvalue weighted by atomic mass is 10.6. The molecule has 0 aromatic heterocycles. The number of hydrogen-bond acceptors (Lipinski definition) is 1. The molecule has 1 nitrogen and oxygen atoms in total. The SMILES string of the molecule is C=CC=C.C=CN=CC.CC.CC. The average Bonchev–Trinajstić information content (AvgIpc) is 2.25. The molecule has 0 aliphatic rings. The van der Waals surface area contributed by atoms with E-state index in [1.165, 1.54) is 6.20 Å². The van der Waals surface area contributed by atoms with E-state index in [0.717, 1.165) is 0 Å². The molecule has 0 N–H and O–H groups in total. The monoisotopic (exact) mass is 183 g/mol. The zero-order valence-corrected chi connectivity index (χ0v) is 9.88. The summed E-state index contributed by atoms with van der Waals surface area (Å²) in [6.07, 6.45) is 6.47. The molecule has 0 radical (unpaired) electrons. The zero-order chi connectivity index (χ0) is 11.5. The summed E-state index contributed by atoms with van der Waals surface area (Å²) >= 11 is 0. The molecule has 0 unspecified atom stereocenters. The van der Waals surface area contributed by atoms with Gasteiger partial charge in [0.25, 0.3) is 0 Å². The van der Waals surface area contributed by atoms with Crippen molar-refractivity contribution in [2.75, 3.05) is 0 Å². The van der Waals surface area contributed by atoms with Gasteiger partial charge in [-0.1, -0.05) is 59.6 Å². The third-order valence-electron chi connectivity index (χ3n) is 0.421. The van der Waals surface area contributed by atoms with E-state index in [-0.39, 0.29) is 0 Å². The average molecular weight is 183 g/mol. The van der Waals surface area contributed by atoms with Gasteiger partial charge in [-0.05, 0) is 6.92 Å². The molecule has 0 heterocycles. The Balaban J connectivity index is -0.0000000457. The number of allylic oxidation sites excluding steroid dienone is 2. The summed E-state index contributed by atoms with van der Waals surface area (Å²) in [6, 6.07) is 0. The van der Waals surface area contributed by atoms with Crippen LogP contribution in [-0.2, 0) is 0 Å². The fourth-order valence-electron chi connectivity index (χ4n) is 0.105. The molecule has 0 bridgehead atoms. The van der Waals surface area contributed by atoms with Crippen molar-refractivity contribution in [2.45, 2.75) is 34.6 Å². The van der Waals surface area contributed by atoms with E-state index < -0.39 is 0 Å². The lowest BCUT2D eigenvalue weighted by Gasteiger charge is -1.58. The van der Waals surface area contributed by atoms with Gasteiger partial charge in [-0.2, -0.15) is 0 Å². The highest BCUT2D eigenvalue weighted by Crippen LogP contribution is 1.57. The molecule has 13 heavy (non-hydrogen) atoms. The van der Waals surface area contributed by atoms with Gasteiger partial charge in [0, 0.05) is 12.4 Å². The molecule has 0 aliphatic carbocycles. The van der Waals surface area contributed by atoms with Gasteiger partial charge in [0.2, 0.25) is 0 Å². The molecule has 0 aromatic carbocycles. The lowest BCUT2D eigenvalue weighted by Crippen LogP contribution is -1.46. The van der Waals surface area contributed by atoms with Crippen molar-refractivity contribution in [3.63, 3.8) is 0 Å². The van der Waals surface area contributed by atoms with Crippen LogP contribution in [0.25, 0.3) is 0 Å². The molecule has 0 saturated carbocycles. The molecular formula is C12H25N. The van der Waals surface area contributed by atoms with Crippen LogP contribution in [0.3, 0.4) is 0 Å². The van der Waals surface area contributed by atoms with Crippen LogP contribution < -0.4 is 0 Å². The largest absolute Gasteiger partial charge is 0.270 e. The van der Waals surface area contributed by atoms with Crippen LogP contribution in [-0.4, -0.2) is 6.21 Å². The molecule has 0 saturated heterocycles. The Kier molecular flexibility index (Phi) is 123. The molecule has 0 rings (SSSR count). The molecule has 0 amide bonds. The van der Waals surface area contributed by atoms with Crippen molar-refractivity contribution in [3.05, 3.63) is 38.1 Å². The predicted molar refractivity (Wildman–Crippen MR) is 67.5 cm³/mol. The maximum atomic E-state index is 3.61. The summed E-state index contributed by atoms with van der Waals surface area (Å²) in [4.78, 5) is 3.61. The first kappa shape index (κ1) is 22.7. The highest BCUT2D eigenvalue weighted by molar-refractivity contribution is 5.53. The molecule has 0 atom stereocenters. The van der Waals surface area contributed by atoms with E-state index in [1.54, 1.807) is 18.4 Å². The second kappa shape index (κ2) is 70.4. The van der Waals surface area contributed by atoms with Crippen molar-refractivity contribution in [1.82, 2.24) is 0 Å². The van der Waals surface area contributed by atoms with Crippen molar-refractivity contribution in [2.24, 2.45) is 4.99 Å². The van der Waals surface area contributed by atoms with Crippen LogP contribution >= 0.6 is 0 Å². The number of nitrogens with zero attached hydrogens (tertiary/aromatic N) is 1. The second-order valence-corrected chi connectivity index (χ2v) is 1.06. The highest BCUT2D eigenvalue weighted by atomic mass is 14.6. The van der Waals surface area contributed by atoms with Gasteiger partial charge in [0.1, 0.15) is 0 Å². The number of rotatable bonds is 2. The summed E-state index contributed by atoms with van der Waals surface area (Å²) in [5.41, 5.74) is 0. The molecule has 0 fully saturated rings. The Morgan fingerprint density at radius 3 is 1.15 bits per heavy atom. The van der Waals surface area contributed by atoms with Crippen LogP contribution in [0.4, 0.5) is 0 Å². The Labute approximate surface area is 84.6 Å². The maximum absolute atomic E-state index is 3.61. The quantitative estimate of drug-likeness (QED) is 0.437. The Morgan fingerprint density at radius 1 is 0.846 bits per heavy atom. The predicted octanol–water partition coefficient (Wildman–Crippen LogP) is 4.63. The van der Waals surface area contributed by atoms with E-state index in [1.807, 2.05) is 34.6 Å². The Hall–Kier alpha value is -1.11. The van der Waals surface area contributed by atoms with Crippen LogP contribution in [0.15, 0.2) is 43.1 Å². The molecular weight excluding hydrogens is 158 g/mol. The minimum atomic E-state index is 1.50. The minimum Gasteiger partial charge on any atom is -0.270 e. The van der Waals surface area contributed by atoms with E-state index in [2.05, 4.69) is 24.7 Å². The fourth-order valence-corrected chi connectivity index (χ4v) is 0.105. The van der Waals surface area contributed by atoms with Crippen LogP contribution in [0.1, 0.15) is 34.6 Å². The summed E-state index contributed by atoms with van der Waals surface area (Å²) in [5.74, 6) is 0. The van der Waals surface area contributed by atoms with Gasteiger partial charge >= 0.3 is 0 Å². The molecule has 0 spiro atoms. The maximum Gasteiger partial charge on any atom is 0.0191 e. The van der Waals surface area contributed by atoms with E-state index >= 15 is 0 Å². The van der Waals surface area contributed by atoms with Gasteiger partial charge in [0.15, 0.2) is 0 Å². The third kappa shape index (κ3) is 241. The van der Waals surface area contributed by atoms with Crippen molar-refractivity contribution >= 4 is 6.21 Å². The second-order valence-electron chi connectivity index (χ2n) is 1.06. The van der Waals surface area contributed by atoms with Gasteiger partial charge in [0.05, 0.1) is 0 Å². The Morgan fingerprint density at radius 2 is 1.15 bits per heavy atom. The summed E-state index contributed by atoms with van der Waals surface area (Å²) in [6.45, 7) is 19.9. The fraction of sp³-hybridized carbons (Fsp3) is 0.417. The first-order chi connectivity index (χ1) is 6.33. The molecule has 78 valence electrons.